The van der Waals surface area contributed by atoms with E-state index in [2.05, 4.69) is 22.9 Å². The lowest BCUT2D eigenvalue weighted by Crippen LogP contribution is -2.55. The number of hydrogen-bond acceptors (Lipinski definition) is 3. The maximum atomic E-state index is 12.0. The Balaban J connectivity index is 1.80. The van der Waals surface area contributed by atoms with Crippen LogP contribution in [0.4, 0.5) is 0 Å². The van der Waals surface area contributed by atoms with E-state index in [1.165, 1.54) is 12.8 Å². The number of amides is 1. The minimum atomic E-state index is 0.0443. The Morgan fingerprint density at radius 3 is 2.81 bits per heavy atom. The fraction of sp³-hybridized carbons (Fsp3) is 0.917. The van der Waals surface area contributed by atoms with Crippen LogP contribution in [0.15, 0.2) is 0 Å². The Kier molecular flexibility index (Phi) is 4.18. The van der Waals surface area contributed by atoms with Gasteiger partial charge in [-0.25, -0.2) is 0 Å². The third-order valence-electron chi connectivity index (χ3n) is 3.78. The lowest BCUT2D eigenvalue weighted by atomic mass is 9.94. The van der Waals surface area contributed by atoms with Crippen LogP contribution < -0.4 is 16.0 Å². The molecule has 2 aliphatic rings. The molecule has 0 aromatic rings. The van der Waals surface area contributed by atoms with Gasteiger partial charge in [-0.3, -0.25) is 4.79 Å². The molecule has 0 spiro atoms. The van der Waals surface area contributed by atoms with Gasteiger partial charge in [0.05, 0.1) is 6.04 Å². The van der Waals surface area contributed by atoms with Crippen LogP contribution in [0, 0.1) is 5.92 Å². The van der Waals surface area contributed by atoms with Crippen LogP contribution in [0.3, 0.4) is 0 Å². The molecule has 3 N–H and O–H groups in total. The van der Waals surface area contributed by atoms with Gasteiger partial charge >= 0.3 is 0 Å². The molecule has 0 aromatic heterocycles. The maximum absolute atomic E-state index is 12.0. The van der Waals surface area contributed by atoms with E-state index in [1.54, 1.807) is 0 Å². The second-order valence-corrected chi connectivity index (χ2v) is 5.09. The first-order valence-corrected chi connectivity index (χ1v) is 6.52. The third kappa shape index (κ3) is 2.95. The molecule has 2 unspecified atom stereocenters. The molecule has 2 aliphatic heterocycles. The molecule has 1 amide bonds. The van der Waals surface area contributed by atoms with Gasteiger partial charge < -0.3 is 16.0 Å². The molecule has 2 rings (SSSR count). The van der Waals surface area contributed by atoms with Gasteiger partial charge in [-0.2, -0.15) is 0 Å². The second kappa shape index (κ2) is 5.64. The van der Waals surface area contributed by atoms with Crippen LogP contribution in [0.2, 0.25) is 0 Å². The molecule has 3 atom stereocenters. The summed E-state index contributed by atoms with van der Waals surface area (Å²) in [6.07, 6.45) is 4.51. The molecule has 4 heteroatoms. The first-order chi connectivity index (χ1) is 7.77. The number of rotatable bonds is 2. The molecule has 16 heavy (non-hydrogen) atoms. The van der Waals surface area contributed by atoms with Crippen LogP contribution in [-0.4, -0.2) is 37.6 Å². The van der Waals surface area contributed by atoms with Crippen LogP contribution >= 0.6 is 0 Å². The quantitative estimate of drug-likeness (QED) is 0.631. The number of carbonyl (C=O) groups is 1. The van der Waals surface area contributed by atoms with E-state index >= 15 is 0 Å². The van der Waals surface area contributed by atoms with Crippen LogP contribution in [0.5, 0.6) is 0 Å². The summed E-state index contributed by atoms with van der Waals surface area (Å²) in [4.78, 5) is 12.0. The van der Waals surface area contributed by atoms with Gasteiger partial charge in [0.15, 0.2) is 0 Å². The molecule has 0 saturated carbocycles. The number of hydrogen-bond donors (Lipinski definition) is 3. The summed E-state index contributed by atoms with van der Waals surface area (Å²) in [5.74, 6) is 0.786. The Bertz CT molecular complexity index is 238. The molecule has 0 radical (unpaired) electrons. The van der Waals surface area contributed by atoms with Crippen molar-refractivity contribution in [2.24, 2.45) is 5.92 Å². The van der Waals surface area contributed by atoms with Gasteiger partial charge in [0, 0.05) is 12.6 Å². The highest BCUT2D eigenvalue weighted by Gasteiger charge is 2.26. The normalized spacial score (nSPS) is 35.7. The fourth-order valence-corrected chi connectivity index (χ4v) is 2.54. The second-order valence-electron chi connectivity index (χ2n) is 5.09. The molecule has 0 aromatic carbocycles. The summed E-state index contributed by atoms with van der Waals surface area (Å²) in [5, 5.41) is 9.80. The topological polar surface area (TPSA) is 53.2 Å². The smallest absolute Gasteiger partial charge is 0.237 e. The van der Waals surface area contributed by atoms with Gasteiger partial charge in [-0.05, 0) is 38.3 Å². The predicted molar refractivity (Wildman–Crippen MR) is 64.2 cm³/mol. The maximum Gasteiger partial charge on any atom is 0.237 e. The molecule has 2 fully saturated rings. The zero-order chi connectivity index (χ0) is 11.4. The highest BCUT2D eigenvalue weighted by Crippen LogP contribution is 2.12. The lowest BCUT2D eigenvalue weighted by molar-refractivity contribution is -0.124. The van der Waals surface area contributed by atoms with E-state index in [1.807, 2.05) is 0 Å². The largest absolute Gasteiger partial charge is 0.350 e. The molecular weight excluding hydrogens is 202 g/mol. The molecule has 0 bridgehead atoms. The van der Waals surface area contributed by atoms with Crippen molar-refractivity contribution in [3.63, 3.8) is 0 Å². The molecule has 4 nitrogen and oxygen atoms in total. The van der Waals surface area contributed by atoms with E-state index in [4.69, 9.17) is 0 Å². The van der Waals surface area contributed by atoms with Crippen molar-refractivity contribution in [3.05, 3.63) is 0 Å². The number of carbonyl (C=O) groups excluding carboxylic acids is 1. The van der Waals surface area contributed by atoms with E-state index in [0.717, 1.165) is 32.5 Å². The highest BCUT2D eigenvalue weighted by molar-refractivity contribution is 5.82. The minimum Gasteiger partial charge on any atom is -0.350 e. The van der Waals surface area contributed by atoms with E-state index < -0.39 is 0 Å². The van der Waals surface area contributed by atoms with Gasteiger partial charge in [-0.1, -0.05) is 13.3 Å². The predicted octanol–water partition coefficient (Wildman–Crippen LogP) is 0.243. The Morgan fingerprint density at radius 1 is 1.25 bits per heavy atom. The molecule has 2 saturated heterocycles. The minimum absolute atomic E-state index is 0.0443. The molecular formula is C12H23N3O. The molecule has 2 heterocycles. The summed E-state index contributed by atoms with van der Waals surface area (Å²) in [5.41, 5.74) is 0. The lowest BCUT2D eigenvalue weighted by Gasteiger charge is -2.32. The zero-order valence-electron chi connectivity index (χ0n) is 10.1. The first kappa shape index (κ1) is 11.9. The average molecular weight is 225 g/mol. The SMILES string of the molecule is CC1CCNCC1NC(=O)[C@H]1CCCCN1. The summed E-state index contributed by atoms with van der Waals surface area (Å²) < 4.78 is 0. The van der Waals surface area contributed by atoms with E-state index in [0.29, 0.717) is 12.0 Å². The summed E-state index contributed by atoms with van der Waals surface area (Å²) in [7, 11) is 0. The van der Waals surface area contributed by atoms with E-state index in [9.17, 15) is 4.79 Å². The third-order valence-corrected chi connectivity index (χ3v) is 3.78. The van der Waals surface area contributed by atoms with Crippen LogP contribution in [0.25, 0.3) is 0 Å². The van der Waals surface area contributed by atoms with Crippen molar-refractivity contribution in [1.82, 2.24) is 16.0 Å². The Labute approximate surface area is 97.6 Å². The zero-order valence-corrected chi connectivity index (χ0v) is 10.1. The average Bonchev–Trinajstić information content (AvgIpc) is 2.33. The van der Waals surface area contributed by atoms with Crippen molar-refractivity contribution in [3.8, 4) is 0 Å². The Hall–Kier alpha value is -0.610. The summed E-state index contributed by atoms with van der Waals surface area (Å²) in [6, 6.07) is 0.354. The number of nitrogens with one attached hydrogen (secondary N) is 3. The summed E-state index contributed by atoms with van der Waals surface area (Å²) in [6.45, 7) is 5.20. The standard InChI is InChI=1S/C12H23N3O/c1-9-5-7-13-8-11(9)15-12(16)10-4-2-3-6-14-10/h9-11,13-14H,2-8H2,1H3,(H,15,16)/t9?,10-,11?/m1/s1. The Morgan fingerprint density at radius 2 is 2.12 bits per heavy atom. The monoisotopic (exact) mass is 225 g/mol. The number of piperidine rings is 2. The molecule has 0 aliphatic carbocycles. The van der Waals surface area contributed by atoms with Gasteiger partial charge in [0.1, 0.15) is 0 Å². The van der Waals surface area contributed by atoms with Crippen LogP contribution in [0.1, 0.15) is 32.6 Å². The highest BCUT2D eigenvalue weighted by atomic mass is 16.2. The van der Waals surface area contributed by atoms with Crippen molar-refractivity contribution in [2.45, 2.75) is 44.7 Å². The first-order valence-electron chi connectivity index (χ1n) is 6.52. The van der Waals surface area contributed by atoms with Gasteiger partial charge in [0.2, 0.25) is 5.91 Å². The fourth-order valence-electron chi connectivity index (χ4n) is 2.54. The van der Waals surface area contributed by atoms with E-state index in [-0.39, 0.29) is 11.9 Å². The molecule has 92 valence electrons. The van der Waals surface area contributed by atoms with Crippen molar-refractivity contribution in [1.29, 1.82) is 0 Å². The van der Waals surface area contributed by atoms with Crippen LogP contribution in [-0.2, 0) is 4.79 Å². The van der Waals surface area contributed by atoms with Crippen molar-refractivity contribution >= 4 is 5.91 Å². The van der Waals surface area contributed by atoms with Gasteiger partial charge in [-0.15, -0.1) is 0 Å². The summed E-state index contributed by atoms with van der Waals surface area (Å²) >= 11 is 0. The van der Waals surface area contributed by atoms with Crippen molar-refractivity contribution < 1.29 is 4.79 Å². The van der Waals surface area contributed by atoms with Gasteiger partial charge in [0.25, 0.3) is 0 Å². The van der Waals surface area contributed by atoms with Crippen molar-refractivity contribution in [2.75, 3.05) is 19.6 Å².